The number of fused-ring (bicyclic) bond motifs is 1. The number of ketones is 5. The van der Waals surface area contributed by atoms with Gasteiger partial charge in [-0.25, -0.2) is 0 Å². The van der Waals surface area contributed by atoms with Gasteiger partial charge in [0.2, 0.25) is 23.6 Å². The van der Waals surface area contributed by atoms with Crippen molar-refractivity contribution in [1.29, 1.82) is 0 Å². The number of guanidine groups is 1. The SMILES string of the molecule is CCCCC[C@@H](CC(=O)[C@H](CCCCN)NC(=O)[C@@H](CC(=O)[C@H](CCSC)NC(=O)[C@@H](CC(=O)[C@@H](NC(=O)[C@@H](CC(=O)[C@H](Cc1ccccc1)NC(=O)[C@H](CCCN=C(N)N)CC(=O)[C@H](N)CCCCN)Cc1ccc(O)cc1)C(C)C)C(C)C)Cc1c[nH]c2ccccc12)C(=O)O. The van der Waals surface area contributed by atoms with Gasteiger partial charge in [0, 0.05) is 79.4 Å². The zero-order chi connectivity index (χ0) is 72.3. The van der Waals surface area contributed by atoms with E-state index in [0.717, 1.165) is 29.3 Å². The molecule has 0 fully saturated rings. The van der Waals surface area contributed by atoms with E-state index in [1.807, 2.05) is 37.4 Å². The van der Waals surface area contributed by atoms with E-state index in [2.05, 4.69) is 31.2 Å². The van der Waals surface area contributed by atoms with E-state index in [-0.39, 0.29) is 88.2 Å². The average Bonchev–Trinajstić information content (AvgIpc) is 1.58. The Balaban J connectivity index is 1.64. The summed E-state index contributed by atoms with van der Waals surface area (Å²) >= 11 is 1.45. The number of carboxylic acids is 1. The van der Waals surface area contributed by atoms with Crippen molar-refractivity contribution in [2.45, 2.75) is 200 Å². The number of rotatable bonds is 51. The maximum Gasteiger partial charge on any atom is 0.306 e. The molecular weight excluding hydrogens is 1270 g/mol. The van der Waals surface area contributed by atoms with E-state index in [1.54, 1.807) is 76.4 Å². The summed E-state index contributed by atoms with van der Waals surface area (Å²) in [4.78, 5) is 151. The van der Waals surface area contributed by atoms with Gasteiger partial charge in [-0.2, -0.15) is 11.8 Å². The van der Waals surface area contributed by atoms with Crippen LogP contribution >= 0.6 is 11.8 Å². The minimum Gasteiger partial charge on any atom is -0.508 e. The number of aromatic amines is 1. The third kappa shape index (κ3) is 29.0. The Morgan fingerprint density at radius 1 is 0.531 bits per heavy atom. The highest BCUT2D eigenvalue weighted by molar-refractivity contribution is 7.98. The molecule has 0 unspecified atom stereocenters. The number of carboxylic acid groups (broad SMARTS) is 1. The third-order valence-electron chi connectivity index (χ3n) is 18.2. The molecule has 1 aromatic heterocycles. The van der Waals surface area contributed by atoms with E-state index in [0.29, 0.717) is 81.3 Å². The number of nitrogens with one attached hydrogen (secondary N) is 5. The highest BCUT2D eigenvalue weighted by Crippen LogP contribution is 2.28. The Morgan fingerprint density at radius 2 is 1.06 bits per heavy atom. The fourth-order valence-corrected chi connectivity index (χ4v) is 12.7. The minimum absolute atomic E-state index is 0.0262. The monoisotopic (exact) mass is 1380 g/mol. The van der Waals surface area contributed by atoms with Crippen LogP contribution in [0.3, 0.4) is 0 Å². The second-order valence-corrected chi connectivity index (χ2v) is 27.8. The molecule has 0 radical (unpaired) electrons. The van der Waals surface area contributed by atoms with Crippen molar-refractivity contribution in [1.82, 2.24) is 26.3 Å². The number of nitrogens with two attached hydrogens (primary N) is 5. The standard InChI is InChI=1S/C74H111N11O12S/c1-7-8-10-22-51(73(96)97)41-64(88)60(27-16-18-34-76)82-70(93)53(39-54-45-81-59-26-14-13-24-56(54)59)43-65(89)61(32-36-98-6)83-72(95)57(46(2)3)44-67(91)68(47(4)5)85-71(94)52(37-49-28-30-55(86)31-29-49)42-66(90)62(38-48-20-11-9-12-21-48)84-69(92)50(23-19-35-80-74(78)79)40-63(87)58(77)25-15-17-33-75/h9,11-14,20-21,24,26,28-31,45-47,50-53,57-58,60-62,68,81,86H,7-8,10,15-19,22-23,25,27,32-44,75-77H2,1-6H3,(H,82,93)(H,83,95)(H,84,92)(H,85,94)(H,96,97)(H4,78,79,80)/t50-,51+,52-,53-,57+,58-,60+,61+,62+,68+/m1/s1. The Labute approximate surface area is 582 Å². The molecule has 23 nitrogen and oxygen atoms in total. The Hall–Kier alpha value is -7.80. The van der Waals surface area contributed by atoms with E-state index in [4.69, 9.17) is 28.7 Å². The zero-order valence-corrected chi connectivity index (χ0v) is 59.2. The molecule has 0 bridgehead atoms. The molecule has 10 atom stereocenters. The molecule has 0 aliphatic rings. The number of phenols is 1. The number of carbonyl (C=O) groups excluding carboxylic acids is 9. The van der Waals surface area contributed by atoms with Crippen LogP contribution in [0.4, 0.5) is 0 Å². The molecule has 17 N–H and O–H groups in total. The fraction of sp³-hybridized carbons (Fsp3) is 0.581. The molecule has 1 heterocycles. The molecule has 4 aromatic rings. The van der Waals surface area contributed by atoms with Crippen molar-refractivity contribution in [2.24, 2.45) is 75.1 Å². The molecule has 98 heavy (non-hydrogen) atoms. The van der Waals surface area contributed by atoms with Gasteiger partial charge in [0.15, 0.2) is 29.1 Å². The maximum atomic E-state index is 15.0. The Bertz CT molecular complexity index is 3210. The highest BCUT2D eigenvalue weighted by Gasteiger charge is 2.38. The average molecular weight is 1380 g/mol. The largest absolute Gasteiger partial charge is 0.508 e. The lowest BCUT2D eigenvalue weighted by Gasteiger charge is -2.29. The number of aromatic hydroxyl groups is 1. The number of amides is 4. The van der Waals surface area contributed by atoms with Gasteiger partial charge < -0.3 is 65.1 Å². The number of hydrogen-bond donors (Lipinski definition) is 12. The smallest absolute Gasteiger partial charge is 0.306 e. The first-order valence-corrected chi connectivity index (χ1v) is 36.3. The number of H-pyrrole nitrogens is 1. The van der Waals surface area contributed by atoms with Gasteiger partial charge in [-0.3, -0.25) is 52.9 Å². The van der Waals surface area contributed by atoms with Crippen molar-refractivity contribution in [3.8, 4) is 5.75 Å². The minimum atomic E-state index is -1.19. The van der Waals surface area contributed by atoms with Crippen molar-refractivity contribution in [3.05, 3.63) is 102 Å². The van der Waals surface area contributed by atoms with E-state index in [9.17, 15) is 58.2 Å². The molecule has 0 saturated carbocycles. The van der Waals surface area contributed by atoms with Gasteiger partial charge in [-0.15, -0.1) is 0 Å². The van der Waals surface area contributed by atoms with Crippen LogP contribution in [0.5, 0.6) is 5.75 Å². The summed E-state index contributed by atoms with van der Waals surface area (Å²) in [6.07, 6.45) is 8.28. The summed E-state index contributed by atoms with van der Waals surface area (Å²) < 4.78 is 0. The first-order valence-electron chi connectivity index (χ1n) is 34.9. The van der Waals surface area contributed by atoms with Gasteiger partial charge in [-0.05, 0) is 149 Å². The zero-order valence-electron chi connectivity index (χ0n) is 58.4. The predicted octanol–water partition coefficient (Wildman–Crippen LogP) is 7.09. The first kappa shape index (κ1) is 82.6. The van der Waals surface area contributed by atoms with Gasteiger partial charge in [0.05, 0.1) is 36.1 Å². The predicted molar refractivity (Wildman–Crippen MR) is 385 cm³/mol. The molecule has 0 aliphatic heterocycles. The second-order valence-electron chi connectivity index (χ2n) is 26.8. The lowest BCUT2D eigenvalue weighted by Crippen LogP contribution is -2.51. The Kier molecular flexibility index (Phi) is 37.3. The number of para-hydroxylation sites is 1. The van der Waals surface area contributed by atoms with Gasteiger partial charge in [0.25, 0.3) is 0 Å². The molecule has 0 saturated heterocycles. The van der Waals surface area contributed by atoms with E-state index >= 15 is 0 Å². The summed E-state index contributed by atoms with van der Waals surface area (Å²) in [5.74, 6) is -11.5. The number of carbonyl (C=O) groups is 10. The topological polar surface area (TPSA) is 418 Å². The maximum absolute atomic E-state index is 15.0. The van der Waals surface area contributed by atoms with Crippen molar-refractivity contribution >= 4 is 87.1 Å². The van der Waals surface area contributed by atoms with E-state index < -0.39 is 131 Å². The summed E-state index contributed by atoms with van der Waals surface area (Å²) in [7, 11) is 0. The second kappa shape index (κ2) is 44.3. The van der Waals surface area contributed by atoms with Crippen LogP contribution in [-0.4, -0.2) is 142 Å². The molecule has 0 spiro atoms. The number of aliphatic carboxylic acids is 1. The molecule has 0 aliphatic carbocycles. The van der Waals surface area contributed by atoms with Crippen LogP contribution in [-0.2, 0) is 67.2 Å². The number of Topliss-reactive ketones (excluding diaryl/α,β-unsaturated/α-hetero) is 5. The molecule has 24 heteroatoms. The summed E-state index contributed by atoms with van der Waals surface area (Å²) in [5, 5.41) is 32.9. The lowest BCUT2D eigenvalue weighted by molar-refractivity contribution is -0.144. The van der Waals surface area contributed by atoms with Gasteiger partial charge in [-0.1, -0.05) is 121 Å². The molecular formula is C74H111N11O12S. The summed E-state index contributed by atoms with van der Waals surface area (Å²) in [6, 6.07) is 17.2. The quantitative estimate of drug-likeness (QED) is 0.0119. The summed E-state index contributed by atoms with van der Waals surface area (Å²) in [5.41, 5.74) is 31.8. The van der Waals surface area contributed by atoms with E-state index in [1.165, 1.54) is 23.9 Å². The number of nitrogens with zero attached hydrogens (tertiary/aromatic N) is 1. The number of unbranched alkanes of at least 4 members (excludes halogenated alkanes) is 4. The summed E-state index contributed by atoms with van der Waals surface area (Å²) in [6.45, 7) is 9.97. The molecule has 4 amide bonds. The van der Waals surface area contributed by atoms with Crippen molar-refractivity contribution in [2.75, 3.05) is 31.6 Å². The normalized spacial score (nSPS) is 14.6. The Morgan fingerprint density at radius 3 is 1.67 bits per heavy atom. The van der Waals surface area contributed by atoms with Crippen LogP contribution < -0.4 is 49.9 Å². The number of hydrogen-bond acceptors (Lipinski definition) is 16. The van der Waals surface area contributed by atoms with Crippen molar-refractivity contribution in [3.63, 3.8) is 0 Å². The third-order valence-corrected chi connectivity index (χ3v) is 18.8. The van der Waals surface area contributed by atoms with Crippen LogP contribution in [0.1, 0.15) is 167 Å². The number of phenolic OH excluding ortho intramolecular Hbond substituents is 1. The number of aliphatic imine (C=N–C) groups is 1. The fourth-order valence-electron chi connectivity index (χ4n) is 12.2. The first-order chi connectivity index (χ1) is 46.8. The number of benzene rings is 3. The van der Waals surface area contributed by atoms with Crippen LogP contribution in [0.2, 0.25) is 0 Å². The lowest BCUT2D eigenvalue weighted by atomic mass is 9.84. The molecule has 4 rings (SSSR count). The van der Waals surface area contributed by atoms with Crippen molar-refractivity contribution < 1.29 is 58.2 Å². The molecule has 3 aromatic carbocycles. The van der Waals surface area contributed by atoms with Crippen LogP contribution in [0.15, 0.2) is 90.1 Å². The highest BCUT2D eigenvalue weighted by atomic mass is 32.2. The van der Waals surface area contributed by atoms with Crippen LogP contribution in [0.25, 0.3) is 10.9 Å². The van der Waals surface area contributed by atoms with Gasteiger partial charge >= 0.3 is 5.97 Å². The van der Waals surface area contributed by atoms with Gasteiger partial charge in [0.1, 0.15) is 11.5 Å². The number of thioether (sulfide) groups is 1. The number of aromatic nitrogens is 1. The molecule has 540 valence electrons. The van der Waals surface area contributed by atoms with Crippen LogP contribution in [0, 0.1) is 41.4 Å².